The van der Waals surface area contributed by atoms with Crippen molar-refractivity contribution in [3.63, 3.8) is 0 Å². The van der Waals surface area contributed by atoms with Gasteiger partial charge in [-0.1, -0.05) is 41.4 Å². The molecule has 0 bridgehead atoms. The van der Waals surface area contributed by atoms with Crippen molar-refractivity contribution < 1.29 is 28.5 Å². The number of carbonyl (C=O) groups is 1. The molecule has 6 nitrogen and oxygen atoms in total. The number of aliphatic hydroxyl groups is 2. The predicted octanol–water partition coefficient (Wildman–Crippen LogP) is 5.07. The summed E-state index contributed by atoms with van der Waals surface area (Å²) < 4.78 is 36.8. The lowest BCUT2D eigenvalue weighted by molar-refractivity contribution is -0.121. The van der Waals surface area contributed by atoms with Gasteiger partial charge in [-0.05, 0) is 61.8 Å². The Hall–Kier alpha value is -2.12. The highest BCUT2D eigenvalue weighted by Gasteiger charge is 2.60. The Labute approximate surface area is 236 Å². The van der Waals surface area contributed by atoms with Gasteiger partial charge >= 0.3 is 0 Å². The molecule has 10 heteroatoms. The van der Waals surface area contributed by atoms with Crippen LogP contribution in [0.25, 0.3) is 0 Å². The number of nitrogens with zero attached hydrogens (tertiary/aromatic N) is 1. The molecule has 0 spiro atoms. The Morgan fingerprint density at radius 1 is 1.23 bits per heavy atom. The SMILES string of the molecule is N#C[C@]1(c2ccc(Cl)cc2F)[C@H](CC2CCOCC2)N[C@@H](C(=O)CCC[C@H](O)CO)[C@@H]1c1cccc(Cl)c1F. The third-order valence-electron chi connectivity index (χ3n) is 8.06. The topological polar surface area (TPSA) is 103 Å². The molecule has 2 heterocycles. The number of halogens is 4. The van der Waals surface area contributed by atoms with E-state index >= 15 is 8.78 Å². The van der Waals surface area contributed by atoms with Crippen molar-refractivity contribution in [3.8, 4) is 6.07 Å². The normalized spacial score (nSPS) is 26.3. The number of hydrogen-bond donors (Lipinski definition) is 3. The van der Waals surface area contributed by atoms with Crippen LogP contribution in [0.5, 0.6) is 0 Å². The molecule has 0 amide bonds. The number of nitrogens with one attached hydrogen (secondary N) is 1. The number of carbonyl (C=O) groups excluding carboxylic acids is 1. The number of Topliss-reactive ketones (excluding diaryl/α,β-unsaturated/α-hetero) is 1. The quantitative estimate of drug-likeness (QED) is 0.363. The molecular formula is C29H32Cl2F2N2O4. The molecule has 0 radical (unpaired) electrons. The van der Waals surface area contributed by atoms with Gasteiger partial charge in [-0.15, -0.1) is 0 Å². The van der Waals surface area contributed by atoms with Crippen LogP contribution in [-0.4, -0.2) is 54.0 Å². The van der Waals surface area contributed by atoms with Gasteiger partial charge < -0.3 is 20.3 Å². The smallest absolute Gasteiger partial charge is 0.150 e. The molecule has 0 aliphatic carbocycles. The first-order valence-electron chi connectivity index (χ1n) is 13.2. The van der Waals surface area contributed by atoms with Crippen LogP contribution in [0.1, 0.15) is 55.6 Å². The first-order chi connectivity index (χ1) is 18.7. The summed E-state index contributed by atoms with van der Waals surface area (Å²) in [5.41, 5.74) is -1.58. The highest BCUT2D eigenvalue weighted by Crippen LogP contribution is 2.52. The molecule has 0 unspecified atom stereocenters. The van der Waals surface area contributed by atoms with Gasteiger partial charge in [-0.2, -0.15) is 5.26 Å². The summed E-state index contributed by atoms with van der Waals surface area (Å²) in [6, 6.07) is 9.10. The molecule has 5 atom stereocenters. The lowest BCUT2D eigenvalue weighted by Gasteiger charge is -2.37. The maximum atomic E-state index is 15.7. The second kappa shape index (κ2) is 13.0. The van der Waals surface area contributed by atoms with Gasteiger partial charge in [-0.3, -0.25) is 4.79 Å². The minimum atomic E-state index is -1.66. The maximum absolute atomic E-state index is 15.7. The Balaban J connectivity index is 1.86. The molecule has 0 saturated carbocycles. The fourth-order valence-electron chi connectivity index (χ4n) is 6.10. The summed E-state index contributed by atoms with van der Waals surface area (Å²) in [5.74, 6) is -2.72. The van der Waals surface area contributed by atoms with Crippen molar-refractivity contribution in [1.29, 1.82) is 5.26 Å². The van der Waals surface area contributed by atoms with Crippen molar-refractivity contribution in [3.05, 3.63) is 69.2 Å². The number of nitriles is 1. The lowest BCUT2D eigenvalue weighted by Crippen LogP contribution is -2.44. The van der Waals surface area contributed by atoms with Gasteiger partial charge in [-0.25, -0.2) is 8.78 Å². The second-order valence-electron chi connectivity index (χ2n) is 10.4. The van der Waals surface area contributed by atoms with Crippen LogP contribution >= 0.6 is 23.2 Å². The molecule has 2 aliphatic rings. The monoisotopic (exact) mass is 580 g/mol. The van der Waals surface area contributed by atoms with Crippen molar-refractivity contribution in [2.75, 3.05) is 19.8 Å². The van der Waals surface area contributed by atoms with E-state index in [9.17, 15) is 15.2 Å². The van der Waals surface area contributed by atoms with Crippen molar-refractivity contribution >= 4 is 29.0 Å². The van der Waals surface area contributed by atoms with E-state index in [1.165, 1.54) is 24.3 Å². The number of hydrogen-bond acceptors (Lipinski definition) is 6. The van der Waals surface area contributed by atoms with Crippen LogP contribution in [-0.2, 0) is 14.9 Å². The minimum absolute atomic E-state index is 0.0159. The van der Waals surface area contributed by atoms with E-state index in [1.54, 1.807) is 6.07 Å². The van der Waals surface area contributed by atoms with E-state index in [0.717, 1.165) is 18.9 Å². The van der Waals surface area contributed by atoms with Crippen LogP contribution in [0.15, 0.2) is 36.4 Å². The molecule has 39 heavy (non-hydrogen) atoms. The van der Waals surface area contributed by atoms with Gasteiger partial charge in [0.15, 0.2) is 0 Å². The van der Waals surface area contributed by atoms with Gasteiger partial charge in [0.1, 0.15) is 22.8 Å². The molecule has 2 aliphatic heterocycles. The largest absolute Gasteiger partial charge is 0.394 e. The molecule has 210 valence electrons. The number of ether oxygens (including phenoxy) is 1. The zero-order valence-corrected chi connectivity index (χ0v) is 22.9. The molecule has 4 rings (SSSR count). The Kier molecular flexibility index (Phi) is 9.97. The average molecular weight is 581 g/mol. The highest BCUT2D eigenvalue weighted by molar-refractivity contribution is 6.31. The third-order valence-corrected chi connectivity index (χ3v) is 8.59. The van der Waals surface area contributed by atoms with Crippen molar-refractivity contribution in [1.82, 2.24) is 5.32 Å². The van der Waals surface area contributed by atoms with Crippen LogP contribution in [0.4, 0.5) is 8.78 Å². The fourth-order valence-corrected chi connectivity index (χ4v) is 6.45. The van der Waals surface area contributed by atoms with E-state index in [2.05, 4.69) is 11.4 Å². The Morgan fingerprint density at radius 2 is 1.97 bits per heavy atom. The molecule has 2 aromatic rings. The fraction of sp³-hybridized carbons (Fsp3) is 0.517. The summed E-state index contributed by atoms with van der Waals surface area (Å²) in [6.07, 6.45) is 1.48. The lowest BCUT2D eigenvalue weighted by atomic mass is 9.63. The third kappa shape index (κ3) is 6.14. The summed E-state index contributed by atoms with van der Waals surface area (Å²) in [4.78, 5) is 13.7. The summed E-state index contributed by atoms with van der Waals surface area (Å²) >= 11 is 12.2. The Bertz CT molecular complexity index is 1220. The summed E-state index contributed by atoms with van der Waals surface area (Å²) in [6.45, 7) is 0.703. The summed E-state index contributed by atoms with van der Waals surface area (Å²) in [5, 5.41) is 33.1. The van der Waals surface area contributed by atoms with E-state index < -0.39 is 47.8 Å². The van der Waals surface area contributed by atoms with Gasteiger partial charge in [0.25, 0.3) is 0 Å². The summed E-state index contributed by atoms with van der Waals surface area (Å²) in [7, 11) is 0. The van der Waals surface area contributed by atoms with Crippen LogP contribution in [0.3, 0.4) is 0 Å². The van der Waals surface area contributed by atoms with Gasteiger partial charge in [0.2, 0.25) is 0 Å². The maximum Gasteiger partial charge on any atom is 0.150 e. The van der Waals surface area contributed by atoms with Crippen LogP contribution in [0.2, 0.25) is 10.0 Å². The standard InChI is InChI=1S/C29H32Cl2F2N2O4/c30-18-7-8-21(23(32)14-18)29(16-34)25(13-17-9-11-39-12-10-17)35-28(24(38)6-1-3-19(37)15-36)26(29)20-4-2-5-22(31)27(20)33/h2,4-5,7-8,14,17,19,25-26,28,35-37H,1,3,6,9-13,15H2/t19-,25-,26-,28-,29-/m0/s1. The van der Waals surface area contributed by atoms with E-state index in [0.29, 0.717) is 19.6 Å². The van der Waals surface area contributed by atoms with Crippen LogP contribution < -0.4 is 5.32 Å². The number of benzene rings is 2. The minimum Gasteiger partial charge on any atom is -0.394 e. The van der Waals surface area contributed by atoms with E-state index in [-0.39, 0.29) is 52.1 Å². The second-order valence-corrected chi connectivity index (χ2v) is 11.3. The zero-order chi connectivity index (χ0) is 28.2. The van der Waals surface area contributed by atoms with Crippen molar-refractivity contribution in [2.45, 2.75) is 68.0 Å². The number of aliphatic hydroxyl groups excluding tert-OH is 2. The number of rotatable bonds is 10. The first-order valence-corrected chi connectivity index (χ1v) is 13.9. The average Bonchev–Trinajstić information content (AvgIpc) is 3.25. The molecule has 3 N–H and O–H groups in total. The number of ketones is 1. The molecule has 2 aromatic carbocycles. The molecule has 2 fully saturated rings. The Morgan fingerprint density at radius 3 is 2.64 bits per heavy atom. The van der Waals surface area contributed by atoms with Crippen molar-refractivity contribution in [2.24, 2.45) is 5.92 Å². The zero-order valence-electron chi connectivity index (χ0n) is 21.4. The van der Waals surface area contributed by atoms with E-state index in [1.807, 2.05) is 0 Å². The van der Waals surface area contributed by atoms with E-state index in [4.69, 9.17) is 33.0 Å². The predicted molar refractivity (Wildman–Crippen MR) is 144 cm³/mol. The molecule has 0 aromatic heterocycles. The molecule has 2 saturated heterocycles. The highest BCUT2D eigenvalue weighted by atomic mass is 35.5. The van der Waals surface area contributed by atoms with Crippen LogP contribution in [0, 0.1) is 28.9 Å². The van der Waals surface area contributed by atoms with Gasteiger partial charge in [0, 0.05) is 42.2 Å². The van der Waals surface area contributed by atoms with Gasteiger partial charge in [0.05, 0.1) is 29.8 Å². The first kappa shape index (κ1) is 29.9. The molecular weight excluding hydrogens is 549 g/mol.